The van der Waals surface area contributed by atoms with Crippen molar-refractivity contribution < 1.29 is 4.74 Å². The first-order valence-corrected chi connectivity index (χ1v) is 6.55. The minimum atomic E-state index is 0.484. The molecule has 1 heterocycles. The highest BCUT2D eigenvalue weighted by Gasteiger charge is 2.29. The Labute approximate surface area is 104 Å². The first kappa shape index (κ1) is 12.5. The van der Waals surface area contributed by atoms with Crippen LogP contribution < -0.4 is 5.32 Å². The van der Waals surface area contributed by atoms with Gasteiger partial charge in [0.2, 0.25) is 0 Å². The van der Waals surface area contributed by atoms with Gasteiger partial charge in [0.05, 0.1) is 0 Å². The average Bonchev–Trinajstić information content (AvgIpc) is 2.79. The van der Waals surface area contributed by atoms with Crippen LogP contribution in [0, 0.1) is 0 Å². The van der Waals surface area contributed by atoms with E-state index in [1.165, 1.54) is 24.1 Å². The van der Waals surface area contributed by atoms with Crippen LogP contribution in [-0.2, 0) is 11.2 Å². The summed E-state index contributed by atoms with van der Waals surface area (Å²) in [7, 11) is 2.04. The smallest absolute Gasteiger partial charge is 0.0482 e. The van der Waals surface area contributed by atoms with E-state index in [1.807, 2.05) is 26.2 Å². The quantitative estimate of drug-likeness (QED) is 0.766. The van der Waals surface area contributed by atoms with Crippen LogP contribution >= 0.6 is 0 Å². The van der Waals surface area contributed by atoms with E-state index in [4.69, 9.17) is 4.74 Å². The number of nitrogens with one attached hydrogen (secondary N) is 1. The number of ether oxygens (including phenoxy) is 1. The lowest BCUT2D eigenvalue weighted by Gasteiger charge is -2.23. The number of likely N-dealkylation sites (N-methyl/N-ethyl adjacent to an activating group) is 1. The second-order valence-electron chi connectivity index (χ2n) is 4.57. The van der Waals surface area contributed by atoms with Crippen molar-refractivity contribution in [3.05, 3.63) is 29.6 Å². The number of nitrogens with zero attached hydrogens (tertiary/aromatic N) is 1. The number of pyridine rings is 1. The normalized spacial score (nSPS) is 20.2. The van der Waals surface area contributed by atoms with Gasteiger partial charge in [0.25, 0.3) is 0 Å². The Balaban J connectivity index is 2.01. The third-order valence-electron chi connectivity index (χ3n) is 3.64. The van der Waals surface area contributed by atoms with Gasteiger partial charge in [-0.1, -0.05) is 6.07 Å². The van der Waals surface area contributed by atoms with Gasteiger partial charge in [0, 0.05) is 37.1 Å². The van der Waals surface area contributed by atoms with Gasteiger partial charge in [-0.25, -0.2) is 0 Å². The lowest BCUT2D eigenvalue weighted by molar-refractivity contribution is 0.134. The minimum Gasteiger partial charge on any atom is -0.382 e. The molecule has 17 heavy (non-hydrogen) atoms. The molecule has 0 saturated carbocycles. The van der Waals surface area contributed by atoms with Crippen molar-refractivity contribution in [3.63, 3.8) is 0 Å². The van der Waals surface area contributed by atoms with Crippen molar-refractivity contribution in [2.75, 3.05) is 20.3 Å². The van der Waals surface area contributed by atoms with Crippen LogP contribution in [0.1, 0.15) is 36.9 Å². The molecule has 1 N–H and O–H groups in total. The monoisotopic (exact) mass is 234 g/mol. The van der Waals surface area contributed by atoms with Crippen molar-refractivity contribution in [1.82, 2.24) is 10.3 Å². The van der Waals surface area contributed by atoms with Crippen LogP contribution in [0.2, 0.25) is 0 Å². The Bertz CT molecular complexity index is 354. The predicted molar refractivity (Wildman–Crippen MR) is 69.3 cm³/mol. The third-order valence-corrected chi connectivity index (χ3v) is 3.64. The molecule has 0 bridgehead atoms. The molecule has 1 aliphatic rings. The van der Waals surface area contributed by atoms with Crippen LogP contribution in [0.4, 0.5) is 0 Å². The molecule has 0 spiro atoms. The number of fused-ring (bicyclic) bond motifs is 1. The second kappa shape index (κ2) is 6.12. The van der Waals surface area contributed by atoms with E-state index in [2.05, 4.69) is 16.4 Å². The molecule has 0 aliphatic heterocycles. The maximum absolute atomic E-state index is 5.45. The van der Waals surface area contributed by atoms with Crippen LogP contribution in [0.3, 0.4) is 0 Å². The molecule has 1 aromatic heterocycles. The standard InChI is InChI=1S/C14H22N2O/c1-3-17-10-8-13(15-2)12-7-6-11-5-4-9-16-14(11)12/h4-5,9,12-13,15H,3,6-8,10H2,1-2H3. The first-order valence-electron chi connectivity index (χ1n) is 6.55. The Hall–Kier alpha value is -0.930. The zero-order valence-corrected chi connectivity index (χ0v) is 10.8. The lowest BCUT2D eigenvalue weighted by atomic mass is 9.94. The molecule has 0 radical (unpaired) electrons. The SMILES string of the molecule is CCOCCC(NC)C1CCc2cccnc21. The highest BCUT2D eigenvalue weighted by atomic mass is 16.5. The molecule has 1 aliphatic carbocycles. The highest BCUT2D eigenvalue weighted by Crippen LogP contribution is 2.34. The van der Waals surface area contributed by atoms with Gasteiger partial charge in [-0.05, 0) is 44.9 Å². The zero-order chi connectivity index (χ0) is 12.1. The number of hydrogen-bond donors (Lipinski definition) is 1. The van der Waals surface area contributed by atoms with Gasteiger partial charge < -0.3 is 10.1 Å². The van der Waals surface area contributed by atoms with Crippen molar-refractivity contribution in [2.45, 2.75) is 38.1 Å². The predicted octanol–water partition coefficient (Wildman–Crippen LogP) is 2.13. The summed E-state index contributed by atoms with van der Waals surface area (Å²) in [4.78, 5) is 4.56. The maximum Gasteiger partial charge on any atom is 0.0482 e. The molecular weight excluding hydrogens is 212 g/mol. The fourth-order valence-corrected chi connectivity index (χ4v) is 2.74. The molecule has 94 valence electrons. The Morgan fingerprint density at radius 3 is 3.24 bits per heavy atom. The minimum absolute atomic E-state index is 0.484. The molecule has 2 rings (SSSR count). The van der Waals surface area contributed by atoms with Crippen LogP contribution in [0.5, 0.6) is 0 Å². The summed E-state index contributed by atoms with van der Waals surface area (Å²) in [6.45, 7) is 3.68. The van der Waals surface area contributed by atoms with Gasteiger partial charge in [-0.15, -0.1) is 0 Å². The lowest BCUT2D eigenvalue weighted by Crippen LogP contribution is -2.32. The fourth-order valence-electron chi connectivity index (χ4n) is 2.74. The van der Waals surface area contributed by atoms with Gasteiger partial charge in [-0.2, -0.15) is 0 Å². The molecule has 2 atom stereocenters. The van der Waals surface area contributed by atoms with E-state index in [0.29, 0.717) is 12.0 Å². The maximum atomic E-state index is 5.45. The number of rotatable bonds is 6. The molecular formula is C14H22N2O. The van der Waals surface area contributed by atoms with Gasteiger partial charge in [0.1, 0.15) is 0 Å². The van der Waals surface area contributed by atoms with E-state index in [-0.39, 0.29) is 0 Å². The molecule has 0 amide bonds. The fraction of sp³-hybridized carbons (Fsp3) is 0.643. The molecule has 2 unspecified atom stereocenters. The van der Waals surface area contributed by atoms with E-state index >= 15 is 0 Å². The summed E-state index contributed by atoms with van der Waals surface area (Å²) in [5, 5.41) is 3.42. The number of aromatic nitrogens is 1. The van der Waals surface area contributed by atoms with Crippen molar-refractivity contribution in [3.8, 4) is 0 Å². The summed E-state index contributed by atoms with van der Waals surface area (Å²) in [5.41, 5.74) is 2.72. The van der Waals surface area contributed by atoms with Gasteiger partial charge in [0.15, 0.2) is 0 Å². The van der Waals surface area contributed by atoms with Crippen LogP contribution in [-0.4, -0.2) is 31.3 Å². The van der Waals surface area contributed by atoms with E-state index < -0.39 is 0 Å². The molecule has 0 saturated heterocycles. The zero-order valence-electron chi connectivity index (χ0n) is 10.8. The summed E-state index contributed by atoms with van der Waals surface area (Å²) < 4.78 is 5.45. The highest BCUT2D eigenvalue weighted by molar-refractivity contribution is 5.29. The Kier molecular flexibility index (Phi) is 4.51. The van der Waals surface area contributed by atoms with Gasteiger partial charge >= 0.3 is 0 Å². The largest absolute Gasteiger partial charge is 0.382 e. The topological polar surface area (TPSA) is 34.1 Å². The van der Waals surface area contributed by atoms with Crippen LogP contribution in [0.25, 0.3) is 0 Å². The van der Waals surface area contributed by atoms with Crippen LogP contribution in [0.15, 0.2) is 18.3 Å². The third kappa shape index (κ3) is 2.85. The van der Waals surface area contributed by atoms with E-state index in [0.717, 1.165) is 19.6 Å². The summed E-state index contributed by atoms with van der Waals surface area (Å²) in [6, 6.07) is 4.73. The average molecular weight is 234 g/mol. The van der Waals surface area contributed by atoms with E-state index in [1.54, 1.807) is 0 Å². The van der Waals surface area contributed by atoms with Crippen molar-refractivity contribution in [2.24, 2.45) is 0 Å². The molecule has 3 nitrogen and oxygen atoms in total. The summed E-state index contributed by atoms with van der Waals surface area (Å²) in [5.74, 6) is 0.552. The Morgan fingerprint density at radius 2 is 2.47 bits per heavy atom. The number of aryl methyl sites for hydroxylation is 1. The molecule has 0 fully saturated rings. The van der Waals surface area contributed by atoms with Crippen molar-refractivity contribution >= 4 is 0 Å². The second-order valence-corrected chi connectivity index (χ2v) is 4.57. The first-order chi connectivity index (χ1) is 8.36. The number of hydrogen-bond acceptors (Lipinski definition) is 3. The van der Waals surface area contributed by atoms with E-state index in [9.17, 15) is 0 Å². The van der Waals surface area contributed by atoms with Gasteiger partial charge in [-0.3, -0.25) is 4.98 Å². The summed E-state index contributed by atoms with van der Waals surface area (Å²) in [6.07, 6.45) is 5.35. The van der Waals surface area contributed by atoms with Crippen molar-refractivity contribution in [1.29, 1.82) is 0 Å². The Morgan fingerprint density at radius 1 is 1.59 bits per heavy atom. The molecule has 1 aromatic rings. The molecule has 3 heteroatoms. The summed E-state index contributed by atoms with van der Waals surface area (Å²) >= 11 is 0. The molecule has 0 aromatic carbocycles.